The van der Waals surface area contributed by atoms with Gasteiger partial charge in [-0.2, -0.15) is 0 Å². The fourth-order valence-corrected chi connectivity index (χ4v) is 2.26. The highest BCUT2D eigenvalue weighted by Crippen LogP contribution is 2.19. The lowest BCUT2D eigenvalue weighted by Crippen LogP contribution is -2.04. The van der Waals surface area contributed by atoms with Crippen molar-refractivity contribution in [3.63, 3.8) is 0 Å². The number of aryl methyl sites for hydroxylation is 1. The van der Waals surface area contributed by atoms with E-state index in [1.54, 1.807) is 0 Å². The fraction of sp³-hybridized carbons (Fsp3) is 0.312. The number of hydrogen-bond acceptors (Lipinski definition) is 4. The van der Waals surface area contributed by atoms with E-state index in [1.165, 1.54) is 5.56 Å². The molecule has 0 aliphatic carbocycles. The maximum atomic E-state index is 4.43. The number of imidazole rings is 1. The first-order valence-electron chi connectivity index (χ1n) is 7.11. The number of nitrogens with one attached hydrogen (secondary N) is 1. The topological polar surface area (TPSA) is 55.6 Å². The number of hydrogen-bond donors (Lipinski definition) is 1. The maximum Gasteiger partial charge on any atom is 0.222 e. The van der Waals surface area contributed by atoms with Crippen LogP contribution in [0, 0.1) is 6.92 Å². The van der Waals surface area contributed by atoms with Gasteiger partial charge in [0, 0.05) is 25.0 Å². The van der Waals surface area contributed by atoms with Gasteiger partial charge in [-0.1, -0.05) is 6.07 Å². The van der Waals surface area contributed by atoms with E-state index < -0.39 is 0 Å². The van der Waals surface area contributed by atoms with Crippen molar-refractivity contribution >= 4 is 17.0 Å². The summed E-state index contributed by atoms with van der Waals surface area (Å²) in [4.78, 5) is 12.9. The van der Waals surface area contributed by atoms with Gasteiger partial charge in [0.25, 0.3) is 0 Å². The number of rotatable bonds is 4. The molecule has 5 heteroatoms. The van der Waals surface area contributed by atoms with Crippen LogP contribution in [0.15, 0.2) is 36.9 Å². The Bertz CT molecular complexity index is 743. The molecular formula is C16H19N5. The molecular weight excluding hydrogens is 262 g/mol. The average Bonchev–Trinajstić information content (AvgIpc) is 2.90. The third-order valence-electron chi connectivity index (χ3n) is 3.43. The van der Waals surface area contributed by atoms with Crippen molar-refractivity contribution in [1.82, 2.24) is 19.5 Å². The Morgan fingerprint density at radius 3 is 2.62 bits per heavy atom. The van der Waals surface area contributed by atoms with E-state index >= 15 is 0 Å². The van der Waals surface area contributed by atoms with Gasteiger partial charge in [0.2, 0.25) is 5.95 Å². The summed E-state index contributed by atoms with van der Waals surface area (Å²) in [6, 6.07) is 6.71. The molecule has 0 bridgehead atoms. The Balaban J connectivity index is 1.80. The van der Waals surface area contributed by atoms with Crippen molar-refractivity contribution in [1.29, 1.82) is 0 Å². The molecule has 5 nitrogen and oxygen atoms in total. The molecule has 0 amide bonds. The van der Waals surface area contributed by atoms with Crippen molar-refractivity contribution in [2.75, 3.05) is 5.32 Å². The molecule has 1 aromatic carbocycles. The number of nitrogens with zero attached hydrogens (tertiary/aromatic N) is 4. The minimum atomic E-state index is 0.402. The van der Waals surface area contributed by atoms with Crippen molar-refractivity contribution in [3.05, 3.63) is 48.0 Å². The van der Waals surface area contributed by atoms with Gasteiger partial charge in [-0.05, 0) is 44.0 Å². The van der Waals surface area contributed by atoms with Crippen LogP contribution in [0.5, 0.6) is 0 Å². The van der Waals surface area contributed by atoms with Crippen LogP contribution in [0.1, 0.15) is 31.0 Å². The molecule has 2 heterocycles. The Morgan fingerprint density at radius 1 is 1.14 bits per heavy atom. The molecule has 108 valence electrons. The summed E-state index contributed by atoms with van der Waals surface area (Å²) < 4.78 is 2.18. The first-order chi connectivity index (χ1) is 10.1. The van der Waals surface area contributed by atoms with E-state index in [4.69, 9.17) is 0 Å². The van der Waals surface area contributed by atoms with Gasteiger partial charge >= 0.3 is 0 Å². The molecule has 3 rings (SSSR count). The zero-order chi connectivity index (χ0) is 14.8. The Morgan fingerprint density at radius 2 is 1.90 bits per heavy atom. The monoisotopic (exact) mass is 281 g/mol. The van der Waals surface area contributed by atoms with Crippen LogP contribution in [0.3, 0.4) is 0 Å². The van der Waals surface area contributed by atoms with Gasteiger partial charge in [-0.3, -0.25) is 0 Å². The van der Waals surface area contributed by atoms with Crippen LogP contribution < -0.4 is 5.32 Å². The van der Waals surface area contributed by atoms with Crippen LogP contribution in [0.2, 0.25) is 0 Å². The van der Waals surface area contributed by atoms with Crippen molar-refractivity contribution in [3.8, 4) is 0 Å². The number of anilines is 1. The van der Waals surface area contributed by atoms with Crippen molar-refractivity contribution in [2.45, 2.75) is 33.4 Å². The van der Waals surface area contributed by atoms with Gasteiger partial charge in [0.1, 0.15) is 0 Å². The highest BCUT2D eigenvalue weighted by atomic mass is 15.1. The van der Waals surface area contributed by atoms with E-state index in [0.717, 1.165) is 16.6 Å². The molecule has 0 saturated heterocycles. The summed E-state index contributed by atoms with van der Waals surface area (Å²) in [6.07, 6.45) is 5.52. The van der Waals surface area contributed by atoms with Crippen LogP contribution in [-0.4, -0.2) is 19.5 Å². The lowest BCUT2D eigenvalue weighted by atomic mass is 10.2. The third kappa shape index (κ3) is 2.86. The summed E-state index contributed by atoms with van der Waals surface area (Å²) in [5.74, 6) is 0.651. The highest BCUT2D eigenvalue weighted by Gasteiger charge is 2.06. The zero-order valence-electron chi connectivity index (χ0n) is 12.5. The van der Waals surface area contributed by atoms with E-state index in [-0.39, 0.29) is 0 Å². The molecule has 0 aliphatic rings. The molecule has 2 aromatic heterocycles. The lowest BCUT2D eigenvalue weighted by molar-refractivity contribution is 0.617. The van der Waals surface area contributed by atoms with Crippen LogP contribution >= 0.6 is 0 Å². The van der Waals surface area contributed by atoms with Gasteiger partial charge in [0.15, 0.2) is 0 Å². The summed E-state index contributed by atoms with van der Waals surface area (Å²) >= 11 is 0. The molecule has 0 aliphatic heterocycles. The predicted molar refractivity (Wildman–Crippen MR) is 84.2 cm³/mol. The van der Waals surface area contributed by atoms with E-state index in [1.807, 2.05) is 25.6 Å². The van der Waals surface area contributed by atoms with Crippen molar-refractivity contribution < 1.29 is 0 Å². The second-order valence-electron chi connectivity index (χ2n) is 5.51. The van der Waals surface area contributed by atoms with Crippen LogP contribution in [0.4, 0.5) is 5.95 Å². The van der Waals surface area contributed by atoms with E-state index in [2.05, 4.69) is 56.9 Å². The Labute approximate surface area is 124 Å². The molecule has 0 atom stereocenters. The van der Waals surface area contributed by atoms with E-state index in [0.29, 0.717) is 18.5 Å². The second-order valence-corrected chi connectivity index (χ2v) is 5.51. The summed E-state index contributed by atoms with van der Waals surface area (Å²) in [6.45, 7) is 6.99. The summed E-state index contributed by atoms with van der Waals surface area (Å²) in [5.41, 5.74) is 4.44. The number of fused-ring (bicyclic) bond motifs is 1. The van der Waals surface area contributed by atoms with Gasteiger partial charge in [0.05, 0.1) is 17.4 Å². The quantitative estimate of drug-likeness (QED) is 0.797. The predicted octanol–water partition coefficient (Wildman–Crippen LogP) is 3.33. The molecule has 0 saturated carbocycles. The lowest BCUT2D eigenvalue weighted by Gasteiger charge is -2.09. The second kappa shape index (κ2) is 5.52. The fourth-order valence-electron chi connectivity index (χ4n) is 2.26. The average molecular weight is 281 g/mol. The Kier molecular flexibility index (Phi) is 3.56. The molecule has 0 fully saturated rings. The first-order valence-corrected chi connectivity index (χ1v) is 7.11. The molecule has 0 unspecified atom stereocenters. The highest BCUT2D eigenvalue weighted by molar-refractivity contribution is 5.76. The maximum absolute atomic E-state index is 4.43. The standard InChI is InChI=1S/C16H19N5/c1-11(2)21-10-20-14-5-4-13(6-15(14)21)9-19-16-17-7-12(3)8-18-16/h4-8,10-11H,9H2,1-3H3,(H,17,18,19). The van der Waals surface area contributed by atoms with Gasteiger partial charge in [-0.25, -0.2) is 15.0 Å². The summed E-state index contributed by atoms with van der Waals surface area (Å²) in [5, 5.41) is 3.24. The van der Waals surface area contributed by atoms with Crippen molar-refractivity contribution in [2.24, 2.45) is 0 Å². The molecule has 1 N–H and O–H groups in total. The molecule has 3 aromatic rings. The number of aromatic nitrogens is 4. The summed E-state index contributed by atoms with van der Waals surface area (Å²) in [7, 11) is 0. The van der Waals surface area contributed by atoms with E-state index in [9.17, 15) is 0 Å². The van der Waals surface area contributed by atoms with Crippen LogP contribution in [0.25, 0.3) is 11.0 Å². The third-order valence-corrected chi connectivity index (χ3v) is 3.43. The number of benzene rings is 1. The smallest absolute Gasteiger partial charge is 0.222 e. The molecule has 21 heavy (non-hydrogen) atoms. The zero-order valence-corrected chi connectivity index (χ0v) is 12.5. The largest absolute Gasteiger partial charge is 0.350 e. The Hall–Kier alpha value is -2.43. The molecule has 0 radical (unpaired) electrons. The van der Waals surface area contributed by atoms with Crippen LogP contribution in [-0.2, 0) is 6.54 Å². The van der Waals surface area contributed by atoms with Gasteiger partial charge in [-0.15, -0.1) is 0 Å². The minimum absolute atomic E-state index is 0.402. The minimum Gasteiger partial charge on any atom is -0.350 e. The first kappa shape index (κ1) is 13.5. The molecule has 0 spiro atoms. The SMILES string of the molecule is Cc1cnc(NCc2ccc3ncn(C(C)C)c3c2)nc1. The normalized spacial score (nSPS) is 11.2. The van der Waals surface area contributed by atoms with Gasteiger partial charge < -0.3 is 9.88 Å².